The van der Waals surface area contributed by atoms with Gasteiger partial charge >= 0.3 is 6.09 Å². The van der Waals surface area contributed by atoms with Gasteiger partial charge in [-0.05, 0) is 93.6 Å². The summed E-state index contributed by atoms with van der Waals surface area (Å²) in [6.07, 6.45) is -0.814. The van der Waals surface area contributed by atoms with Gasteiger partial charge in [-0.2, -0.15) is 0 Å². The predicted octanol–water partition coefficient (Wildman–Crippen LogP) is 4.66. The van der Waals surface area contributed by atoms with Gasteiger partial charge in [0.2, 0.25) is 5.91 Å². The average Bonchev–Trinajstić information content (AvgIpc) is 2.92. The molecule has 3 rings (SSSR count). The van der Waals surface area contributed by atoms with Crippen LogP contribution in [0, 0.1) is 20.8 Å². The number of amides is 3. The predicted molar refractivity (Wildman–Crippen MR) is 164 cm³/mol. The van der Waals surface area contributed by atoms with Crippen LogP contribution in [0.2, 0.25) is 0 Å². The monoisotopic (exact) mass is 591 g/mol. The molecule has 0 heterocycles. The van der Waals surface area contributed by atoms with E-state index in [2.05, 4.69) is 10.6 Å². The van der Waals surface area contributed by atoms with E-state index in [1.807, 2.05) is 32.0 Å². The summed E-state index contributed by atoms with van der Waals surface area (Å²) in [5.74, 6) is -1.11. The Bertz CT molecular complexity index is 1430. The van der Waals surface area contributed by atoms with Crippen LogP contribution in [-0.2, 0) is 20.7 Å². The molecule has 0 aromatic heterocycles. The van der Waals surface area contributed by atoms with E-state index in [1.165, 1.54) is 23.1 Å². The summed E-state index contributed by atoms with van der Waals surface area (Å²) in [4.78, 5) is 42.5. The number of hydrogen-bond donors (Lipinski definition) is 5. The van der Waals surface area contributed by atoms with Gasteiger partial charge in [0.1, 0.15) is 29.2 Å². The molecule has 2 atom stereocenters. The molecule has 43 heavy (non-hydrogen) atoms. The lowest BCUT2D eigenvalue weighted by molar-refractivity contribution is -0.141. The molecule has 10 nitrogen and oxygen atoms in total. The summed E-state index contributed by atoms with van der Waals surface area (Å²) >= 11 is 0. The van der Waals surface area contributed by atoms with E-state index in [4.69, 9.17) is 4.74 Å². The zero-order valence-corrected chi connectivity index (χ0v) is 25.5. The summed E-state index contributed by atoms with van der Waals surface area (Å²) in [6, 6.07) is 13.9. The van der Waals surface area contributed by atoms with Crippen molar-refractivity contribution in [1.29, 1.82) is 0 Å². The molecule has 0 bridgehead atoms. The molecule has 0 saturated carbocycles. The van der Waals surface area contributed by atoms with Crippen LogP contribution < -0.4 is 10.6 Å². The average molecular weight is 592 g/mol. The van der Waals surface area contributed by atoms with Crippen molar-refractivity contribution in [1.82, 2.24) is 10.2 Å². The van der Waals surface area contributed by atoms with Gasteiger partial charge in [0.05, 0.1) is 6.61 Å². The number of phenolic OH excluding ortho intramolecular Hbond substituents is 2. The van der Waals surface area contributed by atoms with Crippen molar-refractivity contribution in [3.05, 3.63) is 88.5 Å². The summed E-state index contributed by atoms with van der Waals surface area (Å²) in [7, 11) is 0. The summed E-state index contributed by atoms with van der Waals surface area (Å²) < 4.78 is 5.42. The number of carbonyl (C=O) groups excluding carboxylic acids is 3. The number of benzene rings is 3. The molecule has 0 aliphatic heterocycles. The molecule has 0 spiro atoms. The topological polar surface area (TPSA) is 148 Å². The molecule has 0 aliphatic carbocycles. The van der Waals surface area contributed by atoms with Gasteiger partial charge in [0.15, 0.2) is 0 Å². The lowest BCUT2D eigenvalue weighted by atomic mass is 9.98. The lowest BCUT2D eigenvalue weighted by Crippen LogP contribution is -2.54. The van der Waals surface area contributed by atoms with Crippen LogP contribution in [-0.4, -0.2) is 62.9 Å². The van der Waals surface area contributed by atoms with Crippen molar-refractivity contribution in [3.8, 4) is 11.5 Å². The molecule has 0 aliphatic rings. The highest BCUT2D eigenvalue weighted by Crippen LogP contribution is 2.30. The molecule has 3 amide bonds. The van der Waals surface area contributed by atoms with Crippen molar-refractivity contribution in [2.75, 3.05) is 18.5 Å². The quantitative estimate of drug-likeness (QED) is 0.230. The minimum absolute atomic E-state index is 0.0140. The number of anilines is 1. The minimum atomic E-state index is -1.24. The van der Waals surface area contributed by atoms with Gasteiger partial charge in [-0.25, -0.2) is 4.79 Å². The van der Waals surface area contributed by atoms with E-state index in [0.29, 0.717) is 22.4 Å². The van der Waals surface area contributed by atoms with E-state index >= 15 is 0 Å². The number of carbonyl (C=O) groups is 3. The number of aliphatic hydroxyl groups is 1. The van der Waals surface area contributed by atoms with Crippen LogP contribution in [0.25, 0.3) is 0 Å². The Kier molecular flexibility index (Phi) is 10.8. The van der Waals surface area contributed by atoms with Gasteiger partial charge in [0.25, 0.3) is 5.91 Å². The summed E-state index contributed by atoms with van der Waals surface area (Å²) in [5, 5.41) is 35.6. The number of rotatable bonds is 10. The number of hydrogen-bond acceptors (Lipinski definition) is 7. The Hall–Kier alpha value is -4.57. The minimum Gasteiger partial charge on any atom is -0.508 e. The SMILES string of the molecule is Cc1cc(C(C(=O)Nc2c(C)cccc2C)N(CCO)C(=O)C(Cc2ccc(O)cc2)NC(=O)OC(C)(C)C)ccc1O. The number of ether oxygens (including phenoxy) is 1. The Morgan fingerprint density at radius 1 is 0.907 bits per heavy atom. The second kappa shape index (κ2) is 14.1. The number of alkyl carbamates (subject to hydrolysis) is 1. The summed E-state index contributed by atoms with van der Waals surface area (Å²) in [6.45, 7) is 9.79. The van der Waals surface area contributed by atoms with Crippen molar-refractivity contribution in [2.24, 2.45) is 0 Å². The highest BCUT2D eigenvalue weighted by atomic mass is 16.6. The van der Waals surface area contributed by atoms with Crippen LogP contribution in [0.4, 0.5) is 10.5 Å². The fourth-order valence-electron chi connectivity index (χ4n) is 4.72. The van der Waals surface area contributed by atoms with E-state index in [9.17, 15) is 29.7 Å². The number of nitrogens with one attached hydrogen (secondary N) is 2. The molecule has 0 saturated heterocycles. The van der Waals surface area contributed by atoms with Gasteiger partial charge in [-0.15, -0.1) is 0 Å². The maximum Gasteiger partial charge on any atom is 0.408 e. The van der Waals surface area contributed by atoms with Crippen LogP contribution in [0.3, 0.4) is 0 Å². The maximum absolute atomic E-state index is 14.3. The first-order chi connectivity index (χ1) is 20.2. The number of phenols is 2. The first kappa shape index (κ1) is 32.9. The third-order valence-electron chi connectivity index (χ3n) is 6.82. The van der Waals surface area contributed by atoms with Gasteiger partial charge in [-0.1, -0.05) is 36.4 Å². The van der Waals surface area contributed by atoms with Crippen molar-refractivity contribution in [2.45, 2.75) is 65.6 Å². The molecule has 10 heteroatoms. The number of aromatic hydroxyl groups is 2. The smallest absolute Gasteiger partial charge is 0.408 e. The van der Waals surface area contributed by atoms with Crippen LogP contribution in [0.5, 0.6) is 11.5 Å². The van der Waals surface area contributed by atoms with Crippen molar-refractivity contribution >= 4 is 23.6 Å². The van der Waals surface area contributed by atoms with E-state index in [1.54, 1.807) is 52.0 Å². The fourth-order valence-corrected chi connectivity index (χ4v) is 4.72. The largest absolute Gasteiger partial charge is 0.508 e. The molecule has 2 unspecified atom stereocenters. The second-order valence-corrected chi connectivity index (χ2v) is 11.5. The fraction of sp³-hybridized carbons (Fsp3) is 0.364. The number of nitrogens with zero attached hydrogens (tertiary/aromatic N) is 1. The number of aryl methyl sites for hydroxylation is 3. The third-order valence-corrected chi connectivity index (χ3v) is 6.82. The molecule has 3 aromatic carbocycles. The van der Waals surface area contributed by atoms with Gasteiger partial charge in [-0.3, -0.25) is 9.59 Å². The zero-order chi connectivity index (χ0) is 31.9. The summed E-state index contributed by atoms with van der Waals surface area (Å²) in [5.41, 5.74) is 2.94. The Morgan fingerprint density at radius 3 is 2.09 bits per heavy atom. The highest BCUT2D eigenvalue weighted by Gasteiger charge is 2.36. The molecular weight excluding hydrogens is 550 g/mol. The zero-order valence-electron chi connectivity index (χ0n) is 25.5. The van der Waals surface area contributed by atoms with Crippen molar-refractivity contribution < 1.29 is 34.4 Å². The van der Waals surface area contributed by atoms with Gasteiger partial charge < -0.3 is 35.6 Å². The Morgan fingerprint density at radius 2 is 1.53 bits per heavy atom. The normalized spacial score (nSPS) is 12.6. The molecule has 5 N–H and O–H groups in total. The van der Waals surface area contributed by atoms with Crippen LogP contribution >= 0.6 is 0 Å². The second-order valence-electron chi connectivity index (χ2n) is 11.5. The lowest BCUT2D eigenvalue weighted by Gasteiger charge is -2.34. The van der Waals surface area contributed by atoms with Crippen LogP contribution in [0.1, 0.15) is 54.6 Å². The Labute approximate surface area is 252 Å². The third kappa shape index (κ3) is 8.96. The first-order valence-corrected chi connectivity index (χ1v) is 14.1. The number of para-hydroxylation sites is 1. The first-order valence-electron chi connectivity index (χ1n) is 14.1. The maximum atomic E-state index is 14.3. The standard InChI is InChI=1S/C33H41N3O7/c1-20-8-7-9-21(2)28(20)35-30(40)29(24-12-15-27(39)22(3)18-24)36(16-17-37)31(41)26(34-32(42)43-33(4,5)6)19-23-10-13-25(38)14-11-23/h7-15,18,26,29,37-39H,16-17,19H2,1-6H3,(H,34,42)(H,35,40). The van der Waals surface area contributed by atoms with E-state index < -0.39 is 42.2 Å². The van der Waals surface area contributed by atoms with E-state index in [0.717, 1.165) is 11.1 Å². The molecule has 230 valence electrons. The highest BCUT2D eigenvalue weighted by molar-refractivity contribution is 6.00. The van der Waals surface area contributed by atoms with Crippen molar-refractivity contribution in [3.63, 3.8) is 0 Å². The number of aliphatic hydroxyl groups excluding tert-OH is 1. The molecule has 0 radical (unpaired) electrons. The van der Waals surface area contributed by atoms with E-state index in [-0.39, 0.29) is 24.5 Å². The Balaban J connectivity index is 2.09. The molecular formula is C33H41N3O7. The van der Waals surface area contributed by atoms with Gasteiger partial charge in [0, 0.05) is 18.7 Å². The molecule has 0 fully saturated rings. The van der Waals surface area contributed by atoms with Crippen LogP contribution in [0.15, 0.2) is 60.7 Å². The molecule has 3 aromatic rings.